The maximum Gasteiger partial charge on any atom is 0.220 e. The first kappa shape index (κ1) is 53.1. The topological polar surface area (TPSA) is 69.6 Å². The van der Waals surface area contributed by atoms with E-state index in [1.165, 1.54) is 161 Å². The van der Waals surface area contributed by atoms with Crippen LogP contribution in [0, 0.1) is 0 Å². The van der Waals surface area contributed by atoms with Crippen LogP contribution in [-0.4, -0.2) is 34.9 Å². The van der Waals surface area contributed by atoms with E-state index >= 15 is 0 Å². The molecule has 0 saturated carbocycles. The molecule has 55 heavy (non-hydrogen) atoms. The molecule has 4 heteroatoms. The lowest BCUT2D eigenvalue weighted by Crippen LogP contribution is -2.45. The quantitative estimate of drug-likeness (QED) is 0.0427. The highest BCUT2D eigenvalue weighted by atomic mass is 16.3. The molecule has 0 radical (unpaired) electrons. The summed E-state index contributed by atoms with van der Waals surface area (Å²) in [6.45, 7) is 4.25. The Bertz CT molecular complexity index is 919. The molecule has 0 fully saturated rings. The number of carbonyl (C=O) groups is 1. The Hall–Kier alpha value is -1.91. The largest absolute Gasteiger partial charge is 0.394 e. The van der Waals surface area contributed by atoms with Crippen molar-refractivity contribution in [3.05, 3.63) is 60.8 Å². The molecular weight excluding hydrogens is 675 g/mol. The molecule has 0 rings (SSSR count). The first-order valence-electron chi connectivity index (χ1n) is 24.0. The Kier molecular flexibility index (Phi) is 44.9. The van der Waals surface area contributed by atoms with Crippen LogP contribution in [0.3, 0.4) is 0 Å². The molecule has 0 heterocycles. The highest BCUT2D eigenvalue weighted by Gasteiger charge is 2.17. The van der Waals surface area contributed by atoms with Crippen LogP contribution in [0.2, 0.25) is 0 Å². The SMILES string of the molecule is CCCC/C=C\C/C=C\CCCCCCCC(=O)NC(CO)C(O)/C=C/CC/C=C/CC/C=C/CCCCCCCCCCCCCCCCCCCCC. The molecular formula is C51H93NO3. The first-order chi connectivity index (χ1) is 27.2. The molecule has 2 atom stereocenters. The van der Waals surface area contributed by atoms with Gasteiger partial charge in [0.05, 0.1) is 18.8 Å². The monoisotopic (exact) mass is 768 g/mol. The number of unbranched alkanes of at least 4 members (excludes halogenated alkanes) is 28. The van der Waals surface area contributed by atoms with Crippen LogP contribution < -0.4 is 5.32 Å². The van der Waals surface area contributed by atoms with Gasteiger partial charge in [-0.05, 0) is 70.6 Å². The number of hydrogen-bond donors (Lipinski definition) is 3. The zero-order valence-electron chi connectivity index (χ0n) is 36.7. The second-order valence-corrected chi connectivity index (χ2v) is 16.2. The van der Waals surface area contributed by atoms with Gasteiger partial charge >= 0.3 is 0 Å². The van der Waals surface area contributed by atoms with Gasteiger partial charge < -0.3 is 15.5 Å². The normalized spacial score (nSPS) is 13.5. The summed E-state index contributed by atoms with van der Waals surface area (Å²) in [7, 11) is 0. The van der Waals surface area contributed by atoms with Crippen LogP contribution >= 0.6 is 0 Å². The van der Waals surface area contributed by atoms with Gasteiger partial charge in [-0.15, -0.1) is 0 Å². The van der Waals surface area contributed by atoms with Crippen molar-refractivity contribution >= 4 is 5.91 Å². The van der Waals surface area contributed by atoms with E-state index in [1.807, 2.05) is 6.08 Å². The molecule has 0 saturated heterocycles. The molecule has 0 aromatic heterocycles. The highest BCUT2D eigenvalue weighted by Crippen LogP contribution is 2.15. The van der Waals surface area contributed by atoms with E-state index in [9.17, 15) is 15.0 Å². The van der Waals surface area contributed by atoms with Crippen LogP contribution in [0.25, 0.3) is 0 Å². The van der Waals surface area contributed by atoms with Gasteiger partial charge in [0.1, 0.15) is 0 Å². The van der Waals surface area contributed by atoms with Crippen LogP contribution in [0.4, 0.5) is 0 Å². The van der Waals surface area contributed by atoms with E-state index in [4.69, 9.17) is 0 Å². The van der Waals surface area contributed by atoms with Crippen molar-refractivity contribution in [2.45, 2.75) is 251 Å². The molecule has 0 aromatic rings. The zero-order valence-corrected chi connectivity index (χ0v) is 36.7. The van der Waals surface area contributed by atoms with E-state index in [0.29, 0.717) is 6.42 Å². The summed E-state index contributed by atoms with van der Waals surface area (Å²) < 4.78 is 0. The van der Waals surface area contributed by atoms with Gasteiger partial charge in [0.25, 0.3) is 0 Å². The number of nitrogens with one attached hydrogen (secondary N) is 1. The molecule has 1 amide bonds. The number of aliphatic hydroxyl groups is 2. The van der Waals surface area contributed by atoms with Gasteiger partial charge in [-0.3, -0.25) is 4.79 Å². The fourth-order valence-corrected chi connectivity index (χ4v) is 6.99. The minimum atomic E-state index is -0.878. The van der Waals surface area contributed by atoms with Gasteiger partial charge in [-0.2, -0.15) is 0 Å². The van der Waals surface area contributed by atoms with Crippen LogP contribution in [0.5, 0.6) is 0 Å². The Morgan fingerprint density at radius 3 is 1.22 bits per heavy atom. The zero-order chi connectivity index (χ0) is 40.0. The molecule has 0 aliphatic carbocycles. The van der Waals surface area contributed by atoms with Crippen molar-refractivity contribution in [1.82, 2.24) is 5.32 Å². The number of rotatable bonds is 43. The predicted octanol–water partition coefficient (Wildman–Crippen LogP) is 15.3. The van der Waals surface area contributed by atoms with Crippen molar-refractivity contribution in [1.29, 1.82) is 0 Å². The predicted molar refractivity (Wildman–Crippen MR) is 244 cm³/mol. The van der Waals surface area contributed by atoms with Crippen molar-refractivity contribution in [3.63, 3.8) is 0 Å². The minimum Gasteiger partial charge on any atom is -0.394 e. The standard InChI is InChI=1S/C51H93NO3/c1-3-5-7-9-11-13-15-17-19-20-21-22-23-24-25-26-27-28-29-30-31-32-33-34-36-38-40-42-44-46-50(54)49(48-53)52-51(55)47-45-43-41-39-37-35-18-16-14-12-10-8-6-4-2/h10,12,16,18,31-32,36,38,44,46,49-50,53-54H,3-9,11,13-15,17,19-30,33-35,37,39-43,45,47-48H2,1-2H3,(H,52,55)/b12-10-,18-16-,32-31+,38-36+,46-44+. The summed E-state index contributed by atoms with van der Waals surface area (Å²) in [6, 6.07) is -0.654. The van der Waals surface area contributed by atoms with E-state index < -0.39 is 12.1 Å². The lowest BCUT2D eigenvalue weighted by Gasteiger charge is -2.19. The number of aliphatic hydroxyl groups excluding tert-OH is 2. The third kappa shape index (κ3) is 43.1. The molecule has 0 spiro atoms. The van der Waals surface area contributed by atoms with Crippen molar-refractivity contribution in [3.8, 4) is 0 Å². The first-order valence-corrected chi connectivity index (χ1v) is 24.0. The fraction of sp³-hybridized carbons (Fsp3) is 0.784. The average Bonchev–Trinajstić information content (AvgIpc) is 3.19. The minimum absolute atomic E-state index is 0.0935. The second-order valence-electron chi connectivity index (χ2n) is 16.2. The summed E-state index contributed by atoms with van der Waals surface area (Å²) in [6.07, 6.45) is 65.0. The van der Waals surface area contributed by atoms with E-state index in [1.54, 1.807) is 6.08 Å². The maximum absolute atomic E-state index is 12.4. The third-order valence-corrected chi connectivity index (χ3v) is 10.7. The summed E-state index contributed by atoms with van der Waals surface area (Å²) in [5, 5.41) is 23.0. The van der Waals surface area contributed by atoms with Gasteiger partial charge in [-0.1, -0.05) is 222 Å². The lowest BCUT2D eigenvalue weighted by atomic mass is 10.0. The van der Waals surface area contributed by atoms with Gasteiger partial charge in [0.15, 0.2) is 0 Å². The molecule has 0 aromatic carbocycles. The molecule has 320 valence electrons. The highest BCUT2D eigenvalue weighted by molar-refractivity contribution is 5.76. The van der Waals surface area contributed by atoms with E-state index in [2.05, 4.69) is 67.8 Å². The van der Waals surface area contributed by atoms with E-state index in [0.717, 1.165) is 57.8 Å². The van der Waals surface area contributed by atoms with Crippen LogP contribution in [0.1, 0.15) is 239 Å². The Morgan fingerprint density at radius 2 is 0.782 bits per heavy atom. The lowest BCUT2D eigenvalue weighted by molar-refractivity contribution is -0.123. The smallest absolute Gasteiger partial charge is 0.220 e. The van der Waals surface area contributed by atoms with E-state index in [-0.39, 0.29) is 12.5 Å². The van der Waals surface area contributed by atoms with Crippen molar-refractivity contribution in [2.75, 3.05) is 6.61 Å². The number of hydrogen-bond acceptors (Lipinski definition) is 3. The molecule has 0 aliphatic rings. The summed E-state index contributed by atoms with van der Waals surface area (Å²) in [5.74, 6) is -0.0935. The summed E-state index contributed by atoms with van der Waals surface area (Å²) >= 11 is 0. The maximum atomic E-state index is 12.4. The van der Waals surface area contributed by atoms with Crippen molar-refractivity contribution < 1.29 is 15.0 Å². The van der Waals surface area contributed by atoms with Crippen molar-refractivity contribution in [2.24, 2.45) is 0 Å². The summed E-state index contributed by atoms with van der Waals surface area (Å²) in [5.41, 5.74) is 0. The summed E-state index contributed by atoms with van der Waals surface area (Å²) in [4.78, 5) is 12.4. The van der Waals surface area contributed by atoms with Gasteiger partial charge in [-0.25, -0.2) is 0 Å². The molecule has 4 nitrogen and oxygen atoms in total. The fourth-order valence-electron chi connectivity index (χ4n) is 6.99. The number of allylic oxidation sites excluding steroid dienone is 9. The van der Waals surface area contributed by atoms with Gasteiger partial charge in [0, 0.05) is 6.42 Å². The Labute approximate surface area is 343 Å². The third-order valence-electron chi connectivity index (χ3n) is 10.7. The van der Waals surface area contributed by atoms with Crippen LogP contribution in [0.15, 0.2) is 60.8 Å². The van der Waals surface area contributed by atoms with Crippen LogP contribution in [-0.2, 0) is 4.79 Å². The average molecular weight is 768 g/mol. The molecule has 0 aliphatic heterocycles. The molecule has 3 N–H and O–H groups in total. The van der Waals surface area contributed by atoms with Gasteiger partial charge in [0.2, 0.25) is 5.91 Å². The molecule has 0 bridgehead atoms. The second kappa shape index (κ2) is 46.5. The Morgan fingerprint density at radius 1 is 0.436 bits per heavy atom. The number of carbonyl (C=O) groups excluding carboxylic acids is 1. The molecule has 2 unspecified atom stereocenters. The number of amides is 1. The Balaban J connectivity index is 3.59.